The minimum atomic E-state index is -0.484. The Morgan fingerprint density at radius 1 is 1.22 bits per heavy atom. The fourth-order valence-corrected chi connectivity index (χ4v) is 2.58. The van der Waals surface area contributed by atoms with Gasteiger partial charge >= 0.3 is 5.97 Å². The van der Waals surface area contributed by atoms with Crippen LogP contribution in [0.4, 0.5) is 0 Å². The topological polar surface area (TPSA) is 78.1 Å². The largest absolute Gasteiger partial charge is 0.463 e. The Kier molecular flexibility index (Phi) is 4.68. The maximum Gasteiger partial charge on any atom is 0.373 e. The van der Waals surface area contributed by atoms with Crippen LogP contribution in [0.15, 0.2) is 58.2 Å². The number of methoxy groups -OCH3 is 1. The molecule has 0 spiro atoms. The molecular weight excluding hydrogens is 314 g/mol. The predicted octanol–water partition coefficient (Wildman–Crippen LogP) is 3.21. The van der Waals surface area contributed by atoms with E-state index in [2.05, 4.69) is 19.9 Å². The normalized spacial score (nSPS) is 10.5. The number of furan rings is 1. The van der Waals surface area contributed by atoms with Gasteiger partial charge in [-0.1, -0.05) is 11.8 Å². The molecule has 116 valence electrons. The summed E-state index contributed by atoms with van der Waals surface area (Å²) in [7, 11) is 1.32. The minimum absolute atomic E-state index is 0.195. The van der Waals surface area contributed by atoms with Crippen molar-refractivity contribution >= 4 is 17.7 Å². The van der Waals surface area contributed by atoms with Gasteiger partial charge in [-0.2, -0.15) is 0 Å². The first kappa shape index (κ1) is 15.2. The second kappa shape index (κ2) is 7.06. The van der Waals surface area contributed by atoms with Crippen molar-refractivity contribution in [3.8, 4) is 11.3 Å². The number of rotatable bonds is 5. The molecule has 6 nitrogen and oxygen atoms in total. The van der Waals surface area contributed by atoms with Crippen LogP contribution in [0.3, 0.4) is 0 Å². The molecule has 0 bridgehead atoms. The third-order valence-electron chi connectivity index (χ3n) is 3.01. The van der Waals surface area contributed by atoms with Crippen molar-refractivity contribution in [3.05, 3.63) is 60.3 Å². The van der Waals surface area contributed by atoms with Crippen molar-refractivity contribution in [1.82, 2.24) is 15.2 Å². The molecule has 0 N–H and O–H groups in total. The molecule has 0 aliphatic rings. The Bertz CT molecular complexity index is 788. The highest BCUT2D eigenvalue weighted by molar-refractivity contribution is 7.98. The zero-order valence-corrected chi connectivity index (χ0v) is 13.1. The van der Waals surface area contributed by atoms with Crippen LogP contribution < -0.4 is 0 Å². The maximum absolute atomic E-state index is 11.3. The molecule has 3 heterocycles. The molecule has 0 saturated heterocycles. The van der Waals surface area contributed by atoms with Crippen molar-refractivity contribution in [2.45, 2.75) is 10.8 Å². The highest BCUT2D eigenvalue weighted by Crippen LogP contribution is 2.23. The average molecular weight is 327 g/mol. The molecule has 0 radical (unpaired) electrons. The number of carbonyl (C=O) groups excluding carboxylic acids is 1. The van der Waals surface area contributed by atoms with Gasteiger partial charge < -0.3 is 9.15 Å². The fraction of sp³-hybridized carbons (Fsp3) is 0.125. The monoisotopic (exact) mass is 327 g/mol. The van der Waals surface area contributed by atoms with E-state index in [4.69, 9.17) is 4.42 Å². The van der Waals surface area contributed by atoms with Crippen LogP contribution in [0.1, 0.15) is 16.3 Å². The molecule has 0 saturated carbocycles. The SMILES string of the molecule is COC(=O)c1ccc(CSc2ccc(-c3cccnc3)nn2)o1. The zero-order chi connectivity index (χ0) is 16.1. The molecule has 0 aliphatic heterocycles. The number of nitrogens with zero attached hydrogens (tertiary/aromatic N) is 3. The molecule has 7 heteroatoms. The fourth-order valence-electron chi connectivity index (χ4n) is 1.88. The molecule has 0 amide bonds. The summed E-state index contributed by atoms with van der Waals surface area (Å²) in [6.07, 6.45) is 3.46. The van der Waals surface area contributed by atoms with Crippen LogP contribution in [-0.2, 0) is 10.5 Å². The summed E-state index contributed by atoms with van der Waals surface area (Å²) < 4.78 is 10.00. The minimum Gasteiger partial charge on any atom is -0.463 e. The van der Waals surface area contributed by atoms with Crippen LogP contribution in [0, 0.1) is 0 Å². The summed E-state index contributed by atoms with van der Waals surface area (Å²) in [6, 6.07) is 10.9. The van der Waals surface area contributed by atoms with Crippen molar-refractivity contribution < 1.29 is 13.9 Å². The number of carbonyl (C=O) groups is 1. The Morgan fingerprint density at radius 3 is 2.83 bits per heavy atom. The summed E-state index contributed by atoms with van der Waals surface area (Å²) in [5, 5.41) is 9.14. The summed E-state index contributed by atoms with van der Waals surface area (Å²) in [6.45, 7) is 0. The van der Waals surface area contributed by atoms with E-state index in [1.807, 2.05) is 24.3 Å². The first-order valence-electron chi connectivity index (χ1n) is 6.80. The number of hydrogen-bond donors (Lipinski definition) is 0. The standard InChI is InChI=1S/C16H13N3O3S/c1-21-16(20)14-6-4-12(22-14)10-23-15-7-5-13(18-19-15)11-3-2-8-17-9-11/h2-9H,10H2,1H3. The van der Waals surface area contributed by atoms with E-state index in [-0.39, 0.29) is 5.76 Å². The van der Waals surface area contributed by atoms with Gasteiger partial charge in [0.05, 0.1) is 18.6 Å². The summed E-state index contributed by atoms with van der Waals surface area (Å²) in [4.78, 5) is 15.4. The summed E-state index contributed by atoms with van der Waals surface area (Å²) in [5.41, 5.74) is 1.69. The lowest BCUT2D eigenvalue weighted by Gasteiger charge is -2.01. The predicted molar refractivity (Wildman–Crippen MR) is 84.9 cm³/mol. The second-order valence-corrected chi connectivity index (χ2v) is 5.54. The lowest BCUT2D eigenvalue weighted by Crippen LogP contribution is -1.98. The van der Waals surface area contributed by atoms with Gasteiger partial charge in [-0.15, -0.1) is 10.2 Å². The number of aromatic nitrogens is 3. The Balaban J connectivity index is 1.63. The molecule has 0 fully saturated rings. The van der Waals surface area contributed by atoms with E-state index in [0.29, 0.717) is 11.5 Å². The first-order valence-corrected chi connectivity index (χ1v) is 7.79. The molecule has 0 aliphatic carbocycles. The maximum atomic E-state index is 11.3. The van der Waals surface area contributed by atoms with Crippen molar-refractivity contribution in [2.24, 2.45) is 0 Å². The number of esters is 1. The molecule has 23 heavy (non-hydrogen) atoms. The average Bonchev–Trinajstić information content (AvgIpc) is 3.09. The van der Waals surface area contributed by atoms with Gasteiger partial charge in [-0.3, -0.25) is 4.98 Å². The molecular formula is C16H13N3O3S. The van der Waals surface area contributed by atoms with Gasteiger partial charge in [0.1, 0.15) is 10.8 Å². The molecule has 0 aromatic carbocycles. The quantitative estimate of drug-likeness (QED) is 0.526. The third kappa shape index (κ3) is 3.75. The zero-order valence-electron chi connectivity index (χ0n) is 12.3. The highest BCUT2D eigenvalue weighted by Gasteiger charge is 2.11. The van der Waals surface area contributed by atoms with Crippen LogP contribution >= 0.6 is 11.8 Å². The number of hydrogen-bond acceptors (Lipinski definition) is 7. The van der Waals surface area contributed by atoms with Crippen molar-refractivity contribution in [1.29, 1.82) is 0 Å². The Hall–Kier alpha value is -2.67. The van der Waals surface area contributed by atoms with E-state index >= 15 is 0 Å². The second-order valence-electron chi connectivity index (χ2n) is 4.54. The van der Waals surface area contributed by atoms with Crippen molar-refractivity contribution in [3.63, 3.8) is 0 Å². The summed E-state index contributed by atoms with van der Waals surface area (Å²) in [5.74, 6) is 0.939. The lowest BCUT2D eigenvalue weighted by molar-refractivity contribution is 0.0563. The molecule has 0 atom stereocenters. The number of pyridine rings is 1. The Morgan fingerprint density at radius 2 is 2.13 bits per heavy atom. The van der Waals surface area contributed by atoms with E-state index in [1.165, 1.54) is 18.9 Å². The first-order chi connectivity index (χ1) is 11.3. The van der Waals surface area contributed by atoms with Gasteiger partial charge in [0.2, 0.25) is 5.76 Å². The molecule has 3 rings (SSSR count). The van der Waals surface area contributed by atoms with Gasteiger partial charge in [0.15, 0.2) is 0 Å². The Labute approximate surface area is 136 Å². The highest BCUT2D eigenvalue weighted by atomic mass is 32.2. The number of ether oxygens (including phenoxy) is 1. The van der Waals surface area contributed by atoms with Gasteiger partial charge in [0, 0.05) is 18.0 Å². The van der Waals surface area contributed by atoms with Crippen LogP contribution in [0.25, 0.3) is 11.3 Å². The van der Waals surface area contributed by atoms with E-state index < -0.39 is 5.97 Å². The third-order valence-corrected chi connectivity index (χ3v) is 3.95. The van der Waals surface area contributed by atoms with E-state index in [1.54, 1.807) is 24.5 Å². The molecule has 3 aromatic rings. The van der Waals surface area contributed by atoms with Crippen molar-refractivity contribution in [2.75, 3.05) is 7.11 Å². The lowest BCUT2D eigenvalue weighted by atomic mass is 10.2. The smallest absolute Gasteiger partial charge is 0.373 e. The van der Waals surface area contributed by atoms with Gasteiger partial charge in [0.25, 0.3) is 0 Å². The number of thioether (sulfide) groups is 1. The van der Waals surface area contributed by atoms with E-state index in [0.717, 1.165) is 16.3 Å². The molecule has 0 unspecified atom stereocenters. The van der Waals surface area contributed by atoms with Crippen LogP contribution in [0.2, 0.25) is 0 Å². The molecule has 3 aromatic heterocycles. The van der Waals surface area contributed by atoms with Gasteiger partial charge in [-0.05, 0) is 36.4 Å². The van der Waals surface area contributed by atoms with E-state index in [9.17, 15) is 4.79 Å². The van der Waals surface area contributed by atoms with Crippen LogP contribution in [-0.4, -0.2) is 28.3 Å². The summed E-state index contributed by atoms with van der Waals surface area (Å²) >= 11 is 1.47. The van der Waals surface area contributed by atoms with Gasteiger partial charge in [-0.25, -0.2) is 4.79 Å². The van der Waals surface area contributed by atoms with Crippen LogP contribution in [0.5, 0.6) is 0 Å².